The molecular formula is C25H24F4N3O5S-. The summed E-state index contributed by atoms with van der Waals surface area (Å²) in [5, 5.41) is 2.64. The van der Waals surface area contributed by atoms with Crippen molar-refractivity contribution in [2.75, 3.05) is 25.6 Å². The molecule has 0 aliphatic heterocycles. The molecule has 2 atom stereocenters. The fourth-order valence-corrected chi connectivity index (χ4v) is 3.95. The first-order chi connectivity index (χ1) is 17.9. The highest BCUT2D eigenvalue weighted by molar-refractivity contribution is 7.80. The summed E-state index contributed by atoms with van der Waals surface area (Å²) >= 11 is -2.68. The summed E-state index contributed by atoms with van der Waals surface area (Å²) in [5.41, 5.74) is -0.428. The maximum atomic E-state index is 14.5. The van der Waals surface area contributed by atoms with Crippen LogP contribution in [-0.4, -0.2) is 40.9 Å². The van der Waals surface area contributed by atoms with Crippen LogP contribution >= 0.6 is 0 Å². The van der Waals surface area contributed by atoms with Gasteiger partial charge in [-0.2, -0.15) is 13.2 Å². The Bertz CT molecular complexity index is 1350. The van der Waals surface area contributed by atoms with Gasteiger partial charge in [-0.15, -0.1) is 0 Å². The van der Waals surface area contributed by atoms with Gasteiger partial charge in [0.1, 0.15) is 11.5 Å². The number of carbonyl (C=O) groups is 1. The average molecular weight is 555 g/mol. The van der Waals surface area contributed by atoms with Gasteiger partial charge >= 0.3 is 6.18 Å². The fraction of sp³-hybridized carbons (Fsp3) is 0.280. The van der Waals surface area contributed by atoms with Crippen molar-refractivity contribution >= 4 is 22.9 Å². The number of ether oxygens (including phenoxy) is 2. The lowest BCUT2D eigenvalue weighted by Gasteiger charge is -2.22. The number of carbonyl (C=O) groups excluding carboxylic acids is 1. The van der Waals surface area contributed by atoms with Crippen molar-refractivity contribution in [2.45, 2.75) is 25.6 Å². The van der Waals surface area contributed by atoms with E-state index in [1.54, 1.807) is 0 Å². The zero-order valence-corrected chi connectivity index (χ0v) is 21.6. The number of benzene rings is 2. The summed E-state index contributed by atoms with van der Waals surface area (Å²) in [6, 6.07) is 10.3. The zero-order chi connectivity index (χ0) is 28.2. The molecule has 1 amide bonds. The molecule has 1 aromatic heterocycles. The van der Waals surface area contributed by atoms with Crippen molar-refractivity contribution in [3.63, 3.8) is 0 Å². The number of halogens is 4. The van der Waals surface area contributed by atoms with Crippen molar-refractivity contribution in [3.8, 4) is 22.8 Å². The number of anilines is 1. The van der Waals surface area contributed by atoms with Gasteiger partial charge < -0.3 is 23.6 Å². The maximum Gasteiger partial charge on any atom is 0.433 e. The minimum Gasteiger partial charge on any atom is -0.755 e. The van der Waals surface area contributed by atoms with Crippen LogP contribution in [0.1, 0.15) is 29.7 Å². The van der Waals surface area contributed by atoms with Crippen LogP contribution in [0.2, 0.25) is 0 Å². The first-order valence-electron chi connectivity index (χ1n) is 11.1. The van der Waals surface area contributed by atoms with Gasteiger partial charge in [-0.25, -0.2) is 9.37 Å². The SMILES string of the molecule is COc1ccc(-c2nc(C(F)(F)F)ccc2CNC(=O)C(C)c2ccc(N(C)S(=O)[O-])c(F)c2)cc1OC. The first kappa shape index (κ1) is 28.9. The number of nitrogens with zero attached hydrogens (tertiary/aromatic N) is 2. The number of pyridine rings is 1. The van der Waals surface area contributed by atoms with Gasteiger partial charge in [0.15, 0.2) is 11.5 Å². The Morgan fingerprint density at radius 2 is 1.79 bits per heavy atom. The minimum absolute atomic E-state index is 0.0159. The monoisotopic (exact) mass is 554 g/mol. The number of hydrogen-bond donors (Lipinski definition) is 1. The molecule has 0 aliphatic rings. The number of hydrogen-bond acceptors (Lipinski definition) is 6. The van der Waals surface area contributed by atoms with E-state index in [9.17, 15) is 31.1 Å². The molecule has 204 valence electrons. The molecule has 0 aliphatic carbocycles. The molecule has 13 heteroatoms. The molecule has 0 fully saturated rings. The van der Waals surface area contributed by atoms with E-state index >= 15 is 0 Å². The Morgan fingerprint density at radius 3 is 2.37 bits per heavy atom. The van der Waals surface area contributed by atoms with Crippen LogP contribution in [0.4, 0.5) is 23.2 Å². The smallest absolute Gasteiger partial charge is 0.433 e. The molecule has 2 aromatic carbocycles. The van der Waals surface area contributed by atoms with E-state index in [0.29, 0.717) is 21.2 Å². The summed E-state index contributed by atoms with van der Waals surface area (Å²) in [5.74, 6) is -1.57. The number of nitrogens with one attached hydrogen (secondary N) is 1. The van der Waals surface area contributed by atoms with Gasteiger partial charge in [0.05, 0.1) is 31.5 Å². The summed E-state index contributed by atoms with van der Waals surface area (Å²) in [7, 11) is 3.98. The van der Waals surface area contributed by atoms with Crippen molar-refractivity contribution in [3.05, 3.63) is 71.2 Å². The van der Waals surface area contributed by atoms with Gasteiger partial charge in [-0.1, -0.05) is 12.1 Å². The Kier molecular flexibility index (Phi) is 8.94. The van der Waals surface area contributed by atoms with E-state index in [0.717, 1.165) is 12.1 Å². The van der Waals surface area contributed by atoms with Gasteiger partial charge in [0, 0.05) is 30.4 Å². The highest BCUT2D eigenvalue weighted by atomic mass is 32.2. The molecular weight excluding hydrogens is 530 g/mol. The molecule has 0 spiro atoms. The second-order valence-electron chi connectivity index (χ2n) is 8.14. The lowest BCUT2D eigenvalue weighted by atomic mass is 9.99. The molecule has 3 aromatic rings. The van der Waals surface area contributed by atoms with Crippen LogP contribution in [0.3, 0.4) is 0 Å². The predicted molar refractivity (Wildman–Crippen MR) is 132 cm³/mol. The second kappa shape index (κ2) is 11.8. The summed E-state index contributed by atoms with van der Waals surface area (Å²) in [4.78, 5) is 16.6. The Morgan fingerprint density at radius 1 is 1.11 bits per heavy atom. The molecule has 0 saturated heterocycles. The maximum absolute atomic E-state index is 14.5. The van der Waals surface area contributed by atoms with E-state index in [2.05, 4.69) is 10.3 Å². The van der Waals surface area contributed by atoms with Gasteiger partial charge in [0.25, 0.3) is 0 Å². The number of amides is 1. The molecule has 2 unspecified atom stereocenters. The third kappa shape index (κ3) is 6.40. The van der Waals surface area contributed by atoms with Crippen molar-refractivity contribution in [1.29, 1.82) is 0 Å². The van der Waals surface area contributed by atoms with Gasteiger partial charge in [-0.3, -0.25) is 9.00 Å². The minimum atomic E-state index is -4.69. The van der Waals surface area contributed by atoms with Crippen molar-refractivity contribution < 1.29 is 40.6 Å². The molecule has 1 N–H and O–H groups in total. The zero-order valence-electron chi connectivity index (χ0n) is 20.8. The fourth-order valence-electron chi connectivity index (χ4n) is 3.64. The number of methoxy groups -OCH3 is 2. The predicted octanol–water partition coefficient (Wildman–Crippen LogP) is 4.57. The largest absolute Gasteiger partial charge is 0.755 e. The number of aromatic nitrogens is 1. The van der Waals surface area contributed by atoms with E-state index < -0.39 is 40.8 Å². The third-order valence-corrected chi connectivity index (χ3v) is 6.45. The quantitative estimate of drug-likeness (QED) is 0.307. The number of alkyl halides is 3. The Hall–Kier alpha value is -3.71. The van der Waals surface area contributed by atoms with E-state index in [1.165, 1.54) is 64.6 Å². The van der Waals surface area contributed by atoms with Crippen LogP contribution < -0.4 is 19.1 Å². The molecule has 3 rings (SSSR count). The molecule has 38 heavy (non-hydrogen) atoms. The van der Waals surface area contributed by atoms with Gasteiger partial charge in [0.2, 0.25) is 5.91 Å². The highest BCUT2D eigenvalue weighted by Gasteiger charge is 2.33. The third-order valence-electron chi connectivity index (χ3n) is 5.81. The lowest BCUT2D eigenvalue weighted by molar-refractivity contribution is -0.141. The van der Waals surface area contributed by atoms with E-state index in [4.69, 9.17) is 9.47 Å². The average Bonchev–Trinajstić information content (AvgIpc) is 2.89. The molecule has 0 radical (unpaired) electrons. The molecule has 1 heterocycles. The van der Waals surface area contributed by atoms with Crippen LogP contribution in [0.15, 0.2) is 48.5 Å². The number of rotatable bonds is 9. The molecule has 0 bridgehead atoms. The highest BCUT2D eigenvalue weighted by Crippen LogP contribution is 2.35. The topological polar surface area (TPSA) is 104 Å². The first-order valence-corrected chi connectivity index (χ1v) is 12.1. The Labute approximate surface area is 219 Å². The summed E-state index contributed by atoms with van der Waals surface area (Å²) < 4.78 is 88.0. The van der Waals surface area contributed by atoms with Crippen LogP contribution in [0.5, 0.6) is 11.5 Å². The lowest BCUT2D eigenvalue weighted by Crippen LogP contribution is -2.28. The second-order valence-corrected chi connectivity index (χ2v) is 9.12. The van der Waals surface area contributed by atoms with Crippen molar-refractivity contribution in [1.82, 2.24) is 10.3 Å². The summed E-state index contributed by atoms with van der Waals surface area (Å²) in [6.45, 7) is 1.34. The normalized spacial score (nSPS) is 13.0. The van der Waals surface area contributed by atoms with Crippen LogP contribution in [0, 0.1) is 5.82 Å². The Balaban J connectivity index is 1.88. The standard InChI is InChI=1S/C25H25F4N3O5S/c1-14(15-5-8-19(18(26)11-15)32(2)38(34)35)24(33)30-13-17-7-10-22(25(27,28)29)31-23(17)16-6-9-20(36-3)21(12-16)37-4/h5-12,14H,13H2,1-4H3,(H,30,33)(H,34,35)/p-1. The van der Waals surface area contributed by atoms with Crippen molar-refractivity contribution in [2.24, 2.45) is 0 Å². The van der Waals surface area contributed by atoms with E-state index in [-0.39, 0.29) is 29.2 Å². The van der Waals surface area contributed by atoms with E-state index in [1.807, 2.05) is 0 Å². The van der Waals surface area contributed by atoms with Gasteiger partial charge in [-0.05, 0) is 54.4 Å². The molecule has 8 nitrogen and oxygen atoms in total. The summed E-state index contributed by atoms with van der Waals surface area (Å²) in [6.07, 6.45) is -4.69. The molecule has 0 saturated carbocycles. The van der Waals surface area contributed by atoms with Crippen LogP contribution in [0.25, 0.3) is 11.3 Å². The van der Waals surface area contributed by atoms with Crippen LogP contribution in [-0.2, 0) is 28.8 Å².